The van der Waals surface area contributed by atoms with Gasteiger partial charge in [0.15, 0.2) is 0 Å². The summed E-state index contributed by atoms with van der Waals surface area (Å²) in [6, 6.07) is 12.8. The van der Waals surface area contributed by atoms with Crippen LogP contribution in [0.4, 0.5) is 0 Å². The van der Waals surface area contributed by atoms with Crippen LogP contribution in [0.15, 0.2) is 47.7 Å². The molecule has 3 aromatic heterocycles. The predicted octanol–water partition coefficient (Wildman–Crippen LogP) is 2.55. The molecule has 1 amide bonds. The molecule has 3 aromatic rings. The number of nitrogens with one attached hydrogen (secondary N) is 2. The van der Waals surface area contributed by atoms with Gasteiger partial charge in [0.05, 0.1) is 23.5 Å². The zero-order valence-electron chi connectivity index (χ0n) is 17.0. The molecule has 0 saturated heterocycles. The number of hydrogen-bond acceptors (Lipinski definition) is 7. The smallest absolute Gasteiger partial charge is 0.271 e. The van der Waals surface area contributed by atoms with E-state index >= 15 is 0 Å². The van der Waals surface area contributed by atoms with Crippen molar-refractivity contribution in [1.82, 2.24) is 20.3 Å². The van der Waals surface area contributed by atoms with Crippen molar-refractivity contribution in [1.29, 1.82) is 10.5 Å². The van der Waals surface area contributed by atoms with E-state index in [1.807, 2.05) is 24.3 Å². The number of nitrogens with two attached hydrogens (primary N) is 1. The van der Waals surface area contributed by atoms with Crippen LogP contribution in [-0.4, -0.2) is 39.2 Å². The minimum atomic E-state index is -0.998. The Labute approximate surface area is 179 Å². The van der Waals surface area contributed by atoms with E-state index in [9.17, 15) is 4.79 Å². The molecule has 0 aliphatic heterocycles. The fourth-order valence-corrected chi connectivity index (χ4v) is 2.80. The minimum Gasteiger partial charge on any atom is -0.404 e. The number of rotatable bonds is 6. The monoisotopic (exact) mass is 412 g/mol. The number of nitrogens with zero attached hydrogens (tertiary/aromatic N) is 5. The molecule has 9 nitrogen and oxygen atoms in total. The summed E-state index contributed by atoms with van der Waals surface area (Å²) in [5, 5.41) is 21.2. The second kappa shape index (κ2) is 8.89. The van der Waals surface area contributed by atoms with Gasteiger partial charge in [-0.3, -0.25) is 9.79 Å². The third kappa shape index (κ3) is 4.92. The van der Waals surface area contributed by atoms with Gasteiger partial charge < -0.3 is 16.0 Å². The number of aliphatic imine (C=N–C) groups is 1. The lowest BCUT2D eigenvalue weighted by Crippen LogP contribution is -2.42. The molecule has 0 bridgehead atoms. The van der Waals surface area contributed by atoms with Crippen LogP contribution >= 0.6 is 0 Å². The standard InChI is InChI=1S/C22H20N8O/c1-22(2,13-25)30-21(31)18-5-3-4-17(28-18)15-8-14-9-19(29-20(14)27-12-15)16(10-24)11-26-7-6-23/h3-5,8-12H,7,24H2,1-2H3,(H,27,29)(H,30,31). The van der Waals surface area contributed by atoms with E-state index in [1.165, 1.54) is 12.4 Å². The molecule has 0 atom stereocenters. The fraction of sp³-hybridized carbons (Fsp3) is 0.182. The third-order valence-electron chi connectivity index (χ3n) is 4.34. The first kappa shape index (κ1) is 21.2. The molecule has 9 heteroatoms. The number of amides is 1. The molecule has 0 aliphatic carbocycles. The van der Waals surface area contributed by atoms with Crippen molar-refractivity contribution in [3.63, 3.8) is 0 Å². The van der Waals surface area contributed by atoms with Crippen LogP contribution in [0.2, 0.25) is 0 Å². The second-order valence-corrected chi connectivity index (χ2v) is 7.19. The third-order valence-corrected chi connectivity index (χ3v) is 4.34. The van der Waals surface area contributed by atoms with Crippen molar-refractivity contribution in [3.8, 4) is 23.4 Å². The molecule has 0 aromatic carbocycles. The number of aromatic amines is 1. The van der Waals surface area contributed by atoms with Crippen LogP contribution in [0.1, 0.15) is 30.0 Å². The van der Waals surface area contributed by atoms with Gasteiger partial charge >= 0.3 is 0 Å². The summed E-state index contributed by atoms with van der Waals surface area (Å²) in [5.41, 5.74) is 8.18. The van der Waals surface area contributed by atoms with Gasteiger partial charge in [-0.2, -0.15) is 10.5 Å². The van der Waals surface area contributed by atoms with Gasteiger partial charge in [0.2, 0.25) is 0 Å². The summed E-state index contributed by atoms with van der Waals surface area (Å²) in [5.74, 6) is -0.430. The first-order chi connectivity index (χ1) is 14.9. The molecule has 0 fully saturated rings. The molecule has 0 radical (unpaired) electrons. The lowest BCUT2D eigenvalue weighted by Gasteiger charge is -2.17. The Kier molecular flexibility index (Phi) is 6.08. The average molecular weight is 412 g/mol. The molecular weight excluding hydrogens is 392 g/mol. The number of pyridine rings is 2. The number of carbonyl (C=O) groups excluding carboxylic acids is 1. The van der Waals surface area contributed by atoms with Gasteiger partial charge in [0, 0.05) is 35.1 Å². The molecule has 0 saturated carbocycles. The summed E-state index contributed by atoms with van der Waals surface area (Å²) < 4.78 is 0. The van der Waals surface area contributed by atoms with E-state index in [0.29, 0.717) is 22.6 Å². The van der Waals surface area contributed by atoms with E-state index < -0.39 is 11.4 Å². The summed E-state index contributed by atoms with van der Waals surface area (Å²) in [4.78, 5) is 28.4. The molecule has 3 heterocycles. The van der Waals surface area contributed by atoms with Crippen molar-refractivity contribution in [2.24, 2.45) is 10.7 Å². The second-order valence-electron chi connectivity index (χ2n) is 7.19. The van der Waals surface area contributed by atoms with Gasteiger partial charge in [-0.1, -0.05) is 6.07 Å². The highest BCUT2D eigenvalue weighted by Gasteiger charge is 2.21. The van der Waals surface area contributed by atoms with E-state index in [0.717, 1.165) is 10.9 Å². The molecule has 0 spiro atoms. The number of hydrogen-bond donors (Lipinski definition) is 3. The van der Waals surface area contributed by atoms with E-state index in [1.54, 1.807) is 38.2 Å². The molecule has 31 heavy (non-hydrogen) atoms. The van der Waals surface area contributed by atoms with Gasteiger partial charge in [0.1, 0.15) is 23.4 Å². The van der Waals surface area contributed by atoms with Crippen molar-refractivity contribution in [3.05, 3.63) is 54.1 Å². The van der Waals surface area contributed by atoms with Crippen LogP contribution in [0.25, 0.3) is 27.9 Å². The van der Waals surface area contributed by atoms with Crippen LogP contribution in [0, 0.1) is 22.7 Å². The lowest BCUT2D eigenvalue weighted by atomic mass is 10.1. The fourth-order valence-electron chi connectivity index (χ4n) is 2.80. The van der Waals surface area contributed by atoms with E-state index in [-0.39, 0.29) is 12.2 Å². The number of H-pyrrole nitrogens is 1. The van der Waals surface area contributed by atoms with E-state index in [2.05, 4.69) is 25.3 Å². The van der Waals surface area contributed by atoms with Gasteiger partial charge in [-0.05, 0) is 38.1 Å². The lowest BCUT2D eigenvalue weighted by molar-refractivity contribution is 0.0924. The Morgan fingerprint density at radius 1 is 1.35 bits per heavy atom. The topological polar surface area (TPSA) is 157 Å². The summed E-state index contributed by atoms with van der Waals surface area (Å²) >= 11 is 0. The van der Waals surface area contributed by atoms with Crippen LogP contribution in [0.3, 0.4) is 0 Å². The highest BCUT2D eigenvalue weighted by Crippen LogP contribution is 2.24. The zero-order chi connectivity index (χ0) is 22.4. The molecule has 154 valence electrons. The number of fused-ring (bicyclic) bond motifs is 1. The van der Waals surface area contributed by atoms with Crippen molar-refractivity contribution in [2.75, 3.05) is 6.54 Å². The number of nitriles is 2. The molecule has 0 aliphatic rings. The summed E-state index contributed by atoms with van der Waals surface area (Å²) in [6.45, 7) is 3.28. The van der Waals surface area contributed by atoms with Crippen molar-refractivity contribution in [2.45, 2.75) is 19.4 Å². The predicted molar refractivity (Wildman–Crippen MR) is 118 cm³/mol. The van der Waals surface area contributed by atoms with Crippen LogP contribution in [-0.2, 0) is 0 Å². The van der Waals surface area contributed by atoms with Crippen LogP contribution < -0.4 is 11.1 Å². The Hall–Kier alpha value is -4.50. The Bertz CT molecular complexity index is 1270. The number of allylic oxidation sites excluding steroid dienone is 1. The first-order valence-electron chi connectivity index (χ1n) is 9.36. The SMILES string of the molecule is CC(C)(C#N)NC(=O)c1cccc(-c2cnc3[nH]c(C(C=NCC#N)=CN)cc3c2)n1. The maximum absolute atomic E-state index is 12.4. The normalized spacial score (nSPS) is 11.9. The van der Waals surface area contributed by atoms with Gasteiger partial charge in [-0.15, -0.1) is 0 Å². The quantitative estimate of drug-likeness (QED) is 0.417. The highest BCUT2D eigenvalue weighted by atomic mass is 16.2. The Morgan fingerprint density at radius 3 is 2.87 bits per heavy atom. The van der Waals surface area contributed by atoms with Gasteiger partial charge in [0.25, 0.3) is 5.91 Å². The Morgan fingerprint density at radius 2 is 2.16 bits per heavy atom. The molecular formula is C22H20N8O. The van der Waals surface area contributed by atoms with E-state index in [4.69, 9.17) is 16.3 Å². The van der Waals surface area contributed by atoms with Crippen LogP contribution in [0.5, 0.6) is 0 Å². The van der Waals surface area contributed by atoms with Crippen molar-refractivity contribution < 1.29 is 4.79 Å². The highest BCUT2D eigenvalue weighted by molar-refractivity contribution is 6.10. The summed E-state index contributed by atoms with van der Waals surface area (Å²) in [7, 11) is 0. The molecule has 3 rings (SSSR count). The first-order valence-corrected chi connectivity index (χ1v) is 9.36. The number of carbonyl (C=O) groups is 1. The minimum absolute atomic E-state index is 0.0428. The maximum atomic E-state index is 12.4. The van der Waals surface area contributed by atoms with Gasteiger partial charge in [-0.25, -0.2) is 9.97 Å². The maximum Gasteiger partial charge on any atom is 0.271 e. The van der Waals surface area contributed by atoms with Crippen molar-refractivity contribution >= 4 is 28.7 Å². The largest absolute Gasteiger partial charge is 0.404 e. The Balaban J connectivity index is 1.91. The molecule has 0 unspecified atom stereocenters. The molecule has 4 N–H and O–H groups in total. The number of aromatic nitrogens is 3. The summed E-state index contributed by atoms with van der Waals surface area (Å²) in [6.07, 6.45) is 4.58. The zero-order valence-corrected chi connectivity index (χ0v) is 17.0. The average Bonchev–Trinajstić information content (AvgIpc) is 3.19.